The van der Waals surface area contributed by atoms with Gasteiger partial charge < -0.3 is 9.80 Å². The number of carbonyl (C=O) groups is 1. The average Bonchev–Trinajstić information content (AvgIpc) is 2.70. The van der Waals surface area contributed by atoms with Gasteiger partial charge in [0.2, 0.25) is 5.91 Å². The molecule has 0 radical (unpaired) electrons. The van der Waals surface area contributed by atoms with Crippen LogP contribution in [0.3, 0.4) is 0 Å². The summed E-state index contributed by atoms with van der Waals surface area (Å²) in [5, 5.41) is 8.59. The fourth-order valence-corrected chi connectivity index (χ4v) is 4.40. The molecule has 0 aliphatic carbocycles. The number of aryl methyl sites for hydroxylation is 1. The van der Waals surface area contributed by atoms with Crippen LogP contribution in [0.2, 0.25) is 0 Å². The van der Waals surface area contributed by atoms with Crippen molar-refractivity contribution < 1.29 is 4.79 Å². The van der Waals surface area contributed by atoms with Crippen molar-refractivity contribution in [2.45, 2.75) is 39.0 Å². The number of pyridine rings is 1. The van der Waals surface area contributed by atoms with Gasteiger partial charge >= 0.3 is 0 Å². The number of nitrogens with zero attached hydrogens (tertiary/aromatic N) is 5. The van der Waals surface area contributed by atoms with E-state index in [0.717, 1.165) is 62.6 Å². The highest BCUT2D eigenvalue weighted by Crippen LogP contribution is 2.39. The molecule has 1 unspecified atom stereocenters. The third-order valence-electron chi connectivity index (χ3n) is 5.88. The summed E-state index contributed by atoms with van der Waals surface area (Å²) in [6.45, 7) is 5.52. The molecule has 2 aromatic heterocycles. The summed E-state index contributed by atoms with van der Waals surface area (Å²) in [7, 11) is 0. The van der Waals surface area contributed by atoms with E-state index in [0.29, 0.717) is 6.42 Å². The van der Waals surface area contributed by atoms with Crippen LogP contribution in [0.15, 0.2) is 36.5 Å². The maximum atomic E-state index is 12.5. The zero-order chi connectivity index (χ0) is 18.7. The average molecular weight is 365 g/mol. The second-order valence-corrected chi connectivity index (χ2v) is 7.94. The summed E-state index contributed by atoms with van der Waals surface area (Å²) in [6.07, 6.45) is 6.57. The molecule has 2 aliphatic rings. The molecule has 1 spiro atoms. The summed E-state index contributed by atoms with van der Waals surface area (Å²) >= 11 is 0. The van der Waals surface area contributed by atoms with E-state index in [2.05, 4.69) is 31.0 Å². The smallest absolute Gasteiger partial charge is 0.222 e. The Hall–Kier alpha value is -2.50. The lowest BCUT2D eigenvalue weighted by Crippen LogP contribution is -2.54. The van der Waals surface area contributed by atoms with Gasteiger partial charge in [0.1, 0.15) is 0 Å². The monoisotopic (exact) mass is 365 g/mol. The Bertz CT molecular complexity index is 779. The van der Waals surface area contributed by atoms with Crippen LogP contribution in [-0.4, -0.2) is 52.2 Å². The van der Waals surface area contributed by atoms with Gasteiger partial charge in [-0.25, -0.2) is 0 Å². The summed E-state index contributed by atoms with van der Waals surface area (Å²) in [5.41, 5.74) is 2.16. The summed E-state index contributed by atoms with van der Waals surface area (Å²) < 4.78 is 0. The molecule has 2 fully saturated rings. The van der Waals surface area contributed by atoms with Crippen LogP contribution >= 0.6 is 0 Å². The van der Waals surface area contributed by atoms with Crippen LogP contribution in [0, 0.1) is 12.3 Å². The standard InChI is InChI=1S/C21H27N5O/c1-17-6-7-19(24-23-17)25-13-4-10-21(15-25)11-8-20(27)26(16-21)14-9-18-5-2-3-12-22-18/h2-3,5-7,12H,4,8-11,13-16H2,1H3. The number of piperidine rings is 2. The summed E-state index contributed by atoms with van der Waals surface area (Å²) in [5.74, 6) is 1.24. The first kappa shape index (κ1) is 17.9. The Kier molecular flexibility index (Phi) is 5.05. The van der Waals surface area contributed by atoms with Gasteiger partial charge in [-0.1, -0.05) is 6.07 Å². The fraction of sp³-hybridized carbons (Fsp3) is 0.524. The van der Waals surface area contributed by atoms with Crippen molar-refractivity contribution in [1.82, 2.24) is 20.1 Å². The molecule has 2 saturated heterocycles. The zero-order valence-corrected chi connectivity index (χ0v) is 16.0. The minimum Gasteiger partial charge on any atom is -0.355 e. The summed E-state index contributed by atoms with van der Waals surface area (Å²) in [6, 6.07) is 10.0. The molecule has 4 rings (SSSR count). The minimum atomic E-state index is 0.169. The Balaban J connectivity index is 1.44. The maximum Gasteiger partial charge on any atom is 0.222 e. The number of hydrogen-bond donors (Lipinski definition) is 0. The Morgan fingerprint density at radius 2 is 2.04 bits per heavy atom. The van der Waals surface area contributed by atoms with Crippen LogP contribution < -0.4 is 4.90 Å². The molecule has 27 heavy (non-hydrogen) atoms. The van der Waals surface area contributed by atoms with E-state index in [9.17, 15) is 4.79 Å². The van der Waals surface area contributed by atoms with Gasteiger partial charge in [-0.2, -0.15) is 5.10 Å². The van der Waals surface area contributed by atoms with Gasteiger partial charge in [-0.15, -0.1) is 5.10 Å². The lowest BCUT2D eigenvalue weighted by molar-refractivity contribution is -0.137. The number of carbonyl (C=O) groups excluding carboxylic acids is 1. The van der Waals surface area contributed by atoms with Crippen LogP contribution in [0.25, 0.3) is 0 Å². The van der Waals surface area contributed by atoms with E-state index >= 15 is 0 Å². The Morgan fingerprint density at radius 3 is 2.81 bits per heavy atom. The first-order valence-electron chi connectivity index (χ1n) is 9.87. The highest BCUT2D eigenvalue weighted by Gasteiger charge is 2.41. The molecule has 2 aromatic rings. The molecular formula is C21H27N5O. The normalized spacial score (nSPS) is 23.1. The summed E-state index contributed by atoms with van der Waals surface area (Å²) in [4.78, 5) is 21.3. The van der Waals surface area contributed by atoms with Crippen molar-refractivity contribution in [2.75, 3.05) is 31.1 Å². The number of aromatic nitrogens is 3. The van der Waals surface area contributed by atoms with E-state index in [1.165, 1.54) is 6.42 Å². The molecule has 0 bridgehead atoms. The largest absolute Gasteiger partial charge is 0.355 e. The van der Waals surface area contributed by atoms with Crippen LogP contribution in [0.4, 0.5) is 5.82 Å². The molecule has 1 atom stereocenters. The van der Waals surface area contributed by atoms with Gasteiger partial charge in [-0.3, -0.25) is 9.78 Å². The van der Waals surface area contributed by atoms with Crippen molar-refractivity contribution in [3.05, 3.63) is 47.9 Å². The molecular weight excluding hydrogens is 338 g/mol. The van der Waals surface area contributed by atoms with Crippen LogP contribution in [0.5, 0.6) is 0 Å². The minimum absolute atomic E-state index is 0.169. The SMILES string of the molecule is Cc1ccc(N2CCCC3(CCC(=O)N(CCc4ccccn4)C3)C2)nn1. The van der Waals surface area contributed by atoms with E-state index in [1.54, 1.807) is 0 Å². The second kappa shape index (κ2) is 7.62. The third kappa shape index (κ3) is 4.10. The molecule has 0 N–H and O–H groups in total. The first-order chi connectivity index (χ1) is 13.1. The number of rotatable bonds is 4. The Morgan fingerprint density at radius 1 is 1.11 bits per heavy atom. The zero-order valence-electron chi connectivity index (χ0n) is 16.0. The topological polar surface area (TPSA) is 62.2 Å². The van der Waals surface area contributed by atoms with Gasteiger partial charge in [0.25, 0.3) is 0 Å². The molecule has 1 amide bonds. The Labute approximate surface area is 160 Å². The molecule has 0 aromatic carbocycles. The van der Waals surface area contributed by atoms with Gasteiger partial charge in [-0.05, 0) is 50.5 Å². The van der Waals surface area contributed by atoms with Gasteiger partial charge in [0.05, 0.1) is 5.69 Å². The number of hydrogen-bond acceptors (Lipinski definition) is 5. The fourth-order valence-electron chi connectivity index (χ4n) is 4.40. The molecule has 4 heterocycles. The molecule has 142 valence electrons. The van der Waals surface area contributed by atoms with Crippen molar-refractivity contribution >= 4 is 11.7 Å². The molecule has 6 nitrogen and oxygen atoms in total. The van der Waals surface area contributed by atoms with Crippen LogP contribution in [-0.2, 0) is 11.2 Å². The molecule has 0 saturated carbocycles. The van der Waals surface area contributed by atoms with Crippen molar-refractivity contribution in [3.63, 3.8) is 0 Å². The highest BCUT2D eigenvalue weighted by molar-refractivity contribution is 5.77. The van der Waals surface area contributed by atoms with Crippen molar-refractivity contribution in [2.24, 2.45) is 5.41 Å². The van der Waals surface area contributed by atoms with E-state index in [-0.39, 0.29) is 11.3 Å². The quantitative estimate of drug-likeness (QED) is 0.833. The van der Waals surface area contributed by atoms with Gasteiger partial charge in [0.15, 0.2) is 5.82 Å². The first-order valence-corrected chi connectivity index (χ1v) is 9.87. The number of anilines is 1. The predicted molar refractivity (Wildman–Crippen MR) is 104 cm³/mol. The third-order valence-corrected chi connectivity index (χ3v) is 5.88. The van der Waals surface area contributed by atoms with E-state index in [1.807, 2.05) is 37.4 Å². The lowest BCUT2D eigenvalue weighted by Gasteiger charge is -2.48. The van der Waals surface area contributed by atoms with Crippen molar-refractivity contribution in [3.8, 4) is 0 Å². The van der Waals surface area contributed by atoms with E-state index in [4.69, 9.17) is 0 Å². The maximum absolute atomic E-state index is 12.5. The highest BCUT2D eigenvalue weighted by atomic mass is 16.2. The molecule has 6 heteroatoms. The predicted octanol–water partition coefficient (Wildman–Crippen LogP) is 2.63. The molecule has 2 aliphatic heterocycles. The number of likely N-dealkylation sites (tertiary alicyclic amines) is 1. The second-order valence-electron chi connectivity index (χ2n) is 7.94. The van der Waals surface area contributed by atoms with E-state index < -0.39 is 0 Å². The lowest BCUT2D eigenvalue weighted by atomic mass is 9.73. The van der Waals surface area contributed by atoms with Crippen molar-refractivity contribution in [1.29, 1.82) is 0 Å². The van der Waals surface area contributed by atoms with Crippen LogP contribution in [0.1, 0.15) is 37.1 Å². The van der Waals surface area contributed by atoms with Gasteiger partial charge in [0, 0.05) is 56.3 Å². The number of amides is 1.